The van der Waals surface area contributed by atoms with Crippen LogP contribution in [0.25, 0.3) is 0 Å². The summed E-state index contributed by atoms with van der Waals surface area (Å²) in [6.07, 6.45) is 24.3. The van der Waals surface area contributed by atoms with Gasteiger partial charge in [-0.05, 0) is 44.4 Å². The van der Waals surface area contributed by atoms with Gasteiger partial charge in [0.25, 0.3) is 0 Å². The smallest absolute Gasteiger partial charge is 0.0739 e. The quantitative estimate of drug-likeness (QED) is 0.333. The van der Waals surface area contributed by atoms with Crippen molar-refractivity contribution in [2.45, 2.75) is 104 Å². The lowest BCUT2D eigenvalue weighted by Crippen LogP contribution is -3.00. The highest BCUT2D eigenvalue weighted by atomic mass is 35.5. The first-order valence-corrected chi connectivity index (χ1v) is 9.71. The lowest BCUT2D eigenvalue weighted by molar-refractivity contribution is -0.368. The van der Waals surface area contributed by atoms with E-state index in [9.17, 15) is 0 Å². The summed E-state index contributed by atoms with van der Waals surface area (Å²) in [6.45, 7) is 5.77. The summed E-state index contributed by atoms with van der Waals surface area (Å²) in [7, 11) is 0. The van der Waals surface area contributed by atoms with Crippen molar-refractivity contribution in [3.05, 3.63) is 12.2 Å². The zero-order valence-corrected chi connectivity index (χ0v) is 16.2. The molecule has 0 aliphatic rings. The van der Waals surface area contributed by atoms with Gasteiger partial charge in [0.2, 0.25) is 0 Å². The summed E-state index contributed by atoms with van der Waals surface area (Å²) in [4.78, 5) is 0. The number of hydrogen-bond donors (Lipinski definition) is 1. The summed E-state index contributed by atoms with van der Waals surface area (Å²) >= 11 is 0. The van der Waals surface area contributed by atoms with Gasteiger partial charge in [0, 0.05) is 0 Å². The molecular formula is C20H42ClN. The summed E-state index contributed by atoms with van der Waals surface area (Å²) in [5, 5.41) is 0. The fourth-order valence-corrected chi connectivity index (χ4v) is 2.73. The maximum atomic E-state index is 3.89. The van der Waals surface area contributed by atoms with Crippen molar-refractivity contribution in [1.29, 1.82) is 0 Å². The third kappa shape index (κ3) is 22.3. The molecule has 0 fully saturated rings. The Hall–Kier alpha value is -0.0100. The summed E-state index contributed by atoms with van der Waals surface area (Å²) < 4.78 is 0. The van der Waals surface area contributed by atoms with Gasteiger partial charge in [0.15, 0.2) is 0 Å². The number of unbranched alkanes of at least 4 members (excludes halogenated alkanes) is 11. The van der Waals surface area contributed by atoms with E-state index in [2.05, 4.69) is 31.7 Å². The molecule has 0 aromatic heterocycles. The van der Waals surface area contributed by atoms with Crippen molar-refractivity contribution in [3.8, 4) is 0 Å². The van der Waals surface area contributed by atoms with Gasteiger partial charge in [-0.1, -0.05) is 77.4 Å². The monoisotopic (exact) mass is 331 g/mol. The molecule has 134 valence electrons. The first-order valence-electron chi connectivity index (χ1n) is 9.71. The van der Waals surface area contributed by atoms with E-state index in [-0.39, 0.29) is 12.4 Å². The Labute approximate surface area is 146 Å². The van der Waals surface area contributed by atoms with Crippen molar-refractivity contribution in [2.75, 3.05) is 6.54 Å². The maximum Gasteiger partial charge on any atom is 0.0739 e. The van der Waals surface area contributed by atoms with Crippen molar-refractivity contribution in [2.24, 2.45) is 5.92 Å². The molecule has 0 unspecified atom stereocenters. The molecule has 0 aromatic rings. The van der Waals surface area contributed by atoms with E-state index in [1.54, 1.807) is 0 Å². The normalized spacial score (nSPS) is 11.3. The van der Waals surface area contributed by atoms with Gasteiger partial charge in [-0.2, -0.15) is 0 Å². The van der Waals surface area contributed by atoms with Crippen LogP contribution < -0.4 is 18.1 Å². The molecule has 0 spiro atoms. The van der Waals surface area contributed by atoms with Gasteiger partial charge < -0.3 is 18.1 Å². The van der Waals surface area contributed by atoms with E-state index in [0.29, 0.717) is 0 Å². The van der Waals surface area contributed by atoms with E-state index < -0.39 is 0 Å². The van der Waals surface area contributed by atoms with Gasteiger partial charge in [0.1, 0.15) is 0 Å². The van der Waals surface area contributed by atoms with Gasteiger partial charge in [-0.15, -0.1) is 0 Å². The topological polar surface area (TPSA) is 27.6 Å². The van der Waals surface area contributed by atoms with E-state index in [1.165, 1.54) is 89.9 Å². The first-order chi connectivity index (χ1) is 10.3. The van der Waals surface area contributed by atoms with Crippen molar-refractivity contribution < 1.29 is 18.1 Å². The molecule has 0 rings (SSSR count). The average Bonchev–Trinajstić information content (AvgIpc) is 2.46. The molecule has 0 radical (unpaired) electrons. The SMILES string of the molecule is CC(C)CCCCCCC/C=C\CCCCCCCC[NH3+].[Cl-]. The number of quaternary nitrogens is 1. The molecule has 0 atom stereocenters. The second-order valence-corrected chi connectivity index (χ2v) is 6.97. The van der Waals surface area contributed by atoms with Gasteiger partial charge in [-0.25, -0.2) is 0 Å². The van der Waals surface area contributed by atoms with E-state index in [0.717, 1.165) is 12.5 Å². The second-order valence-electron chi connectivity index (χ2n) is 6.97. The van der Waals surface area contributed by atoms with Crippen molar-refractivity contribution in [3.63, 3.8) is 0 Å². The Balaban J connectivity index is 0. The Kier molecular flexibility index (Phi) is 23.1. The minimum Gasteiger partial charge on any atom is -1.00 e. The standard InChI is InChI=1S/C20H41N.ClH/c1-20(2)18-16-14-12-10-8-6-4-3-5-7-9-11-13-15-17-19-21;/h3-4,20H,5-19,21H2,1-2H3;1H/b4-3-;. The third-order valence-corrected chi connectivity index (χ3v) is 4.19. The van der Waals surface area contributed by atoms with Gasteiger partial charge in [-0.3, -0.25) is 0 Å². The molecule has 0 aromatic carbocycles. The highest BCUT2D eigenvalue weighted by molar-refractivity contribution is 4.81. The zero-order valence-electron chi connectivity index (χ0n) is 15.4. The van der Waals surface area contributed by atoms with Crippen LogP contribution in [-0.4, -0.2) is 6.54 Å². The number of halogens is 1. The van der Waals surface area contributed by atoms with Crippen LogP contribution in [0.2, 0.25) is 0 Å². The third-order valence-electron chi connectivity index (χ3n) is 4.19. The zero-order chi connectivity index (χ0) is 15.6. The minimum absolute atomic E-state index is 0. The van der Waals surface area contributed by atoms with Crippen LogP contribution in [0.1, 0.15) is 104 Å². The Morgan fingerprint density at radius 3 is 1.50 bits per heavy atom. The Bertz CT molecular complexity index is 214. The highest BCUT2D eigenvalue weighted by Crippen LogP contribution is 2.12. The molecule has 0 saturated carbocycles. The minimum atomic E-state index is 0. The molecule has 0 aliphatic heterocycles. The maximum absolute atomic E-state index is 3.89. The number of rotatable bonds is 16. The van der Waals surface area contributed by atoms with Crippen LogP contribution in [0.15, 0.2) is 12.2 Å². The van der Waals surface area contributed by atoms with E-state index in [1.807, 2.05) is 0 Å². The van der Waals surface area contributed by atoms with Crippen LogP contribution in [0, 0.1) is 5.92 Å². The molecule has 2 heteroatoms. The summed E-state index contributed by atoms with van der Waals surface area (Å²) in [6, 6.07) is 0. The Morgan fingerprint density at radius 1 is 0.636 bits per heavy atom. The summed E-state index contributed by atoms with van der Waals surface area (Å²) in [5.41, 5.74) is 3.89. The molecular weight excluding hydrogens is 290 g/mol. The average molecular weight is 332 g/mol. The fourth-order valence-electron chi connectivity index (χ4n) is 2.73. The number of allylic oxidation sites excluding steroid dienone is 2. The van der Waals surface area contributed by atoms with Gasteiger partial charge in [0.05, 0.1) is 6.54 Å². The molecule has 3 N–H and O–H groups in total. The molecule has 1 nitrogen and oxygen atoms in total. The van der Waals surface area contributed by atoms with E-state index >= 15 is 0 Å². The molecule has 0 amide bonds. The van der Waals surface area contributed by atoms with Crippen LogP contribution in [0.4, 0.5) is 0 Å². The van der Waals surface area contributed by atoms with Crippen LogP contribution in [-0.2, 0) is 0 Å². The van der Waals surface area contributed by atoms with Crippen LogP contribution >= 0.6 is 0 Å². The molecule has 0 saturated heterocycles. The molecule has 0 aliphatic carbocycles. The lowest BCUT2D eigenvalue weighted by atomic mass is 10.0. The fraction of sp³-hybridized carbons (Fsp3) is 0.900. The van der Waals surface area contributed by atoms with Crippen LogP contribution in [0.3, 0.4) is 0 Å². The van der Waals surface area contributed by atoms with Gasteiger partial charge >= 0.3 is 0 Å². The van der Waals surface area contributed by atoms with Crippen molar-refractivity contribution >= 4 is 0 Å². The Morgan fingerprint density at radius 2 is 1.05 bits per heavy atom. The largest absolute Gasteiger partial charge is 1.00 e. The lowest BCUT2D eigenvalue weighted by Gasteiger charge is -2.03. The summed E-state index contributed by atoms with van der Waals surface area (Å²) in [5.74, 6) is 0.886. The van der Waals surface area contributed by atoms with Crippen LogP contribution in [0.5, 0.6) is 0 Å². The predicted octanol–water partition coefficient (Wildman–Crippen LogP) is 2.91. The molecule has 0 heterocycles. The first kappa shape index (κ1) is 24.2. The number of hydrogen-bond acceptors (Lipinski definition) is 0. The highest BCUT2D eigenvalue weighted by Gasteiger charge is 1.94. The molecule has 22 heavy (non-hydrogen) atoms. The molecule has 0 bridgehead atoms. The van der Waals surface area contributed by atoms with Crippen molar-refractivity contribution in [1.82, 2.24) is 0 Å². The second kappa shape index (κ2) is 21.0. The predicted molar refractivity (Wildman–Crippen MR) is 96.4 cm³/mol. The van der Waals surface area contributed by atoms with E-state index in [4.69, 9.17) is 0 Å².